The highest BCUT2D eigenvalue weighted by Crippen LogP contribution is 2.28. The molecule has 0 saturated heterocycles. The molecule has 0 fully saturated rings. The van der Waals surface area contributed by atoms with Crippen molar-refractivity contribution in [3.05, 3.63) is 34.1 Å². The summed E-state index contributed by atoms with van der Waals surface area (Å²) in [6, 6.07) is 5.22. The lowest BCUT2D eigenvalue weighted by molar-refractivity contribution is 0.298. The Bertz CT molecular complexity index is 354. The number of halogens is 2. The Kier molecular flexibility index (Phi) is 4.93. The van der Waals surface area contributed by atoms with Crippen LogP contribution in [0.2, 0.25) is 0 Å². The van der Waals surface area contributed by atoms with Crippen LogP contribution in [0.3, 0.4) is 0 Å². The summed E-state index contributed by atoms with van der Waals surface area (Å²) < 4.78 is 14.5. The van der Waals surface area contributed by atoms with Gasteiger partial charge in [0.15, 0.2) is 0 Å². The smallest absolute Gasteiger partial charge is 0.127 e. The molecule has 1 atom stereocenters. The monoisotopic (exact) mass is 287 g/mol. The van der Waals surface area contributed by atoms with Crippen molar-refractivity contribution in [1.29, 1.82) is 0 Å². The summed E-state index contributed by atoms with van der Waals surface area (Å²) in [5.74, 6) is -0.148. The van der Waals surface area contributed by atoms with Crippen molar-refractivity contribution >= 4 is 15.9 Å². The minimum atomic E-state index is -0.148. The third-order valence-corrected chi connectivity index (χ3v) is 3.47. The second kappa shape index (κ2) is 5.78. The van der Waals surface area contributed by atoms with E-state index in [4.69, 9.17) is 5.73 Å². The van der Waals surface area contributed by atoms with Crippen molar-refractivity contribution in [3.8, 4) is 0 Å². The summed E-state index contributed by atoms with van der Waals surface area (Å²) in [5.41, 5.74) is 6.55. The van der Waals surface area contributed by atoms with Crippen LogP contribution in [-0.2, 0) is 6.42 Å². The molecule has 0 radical (unpaired) electrons. The molecule has 1 unspecified atom stereocenters. The molecule has 2 N–H and O–H groups in total. The fourth-order valence-corrected chi connectivity index (χ4v) is 2.32. The molecular weight excluding hydrogens is 269 g/mol. The lowest BCUT2D eigenvalue weighted by atomic mass is 9.80. The highest BCUT2D eigenvalue weighted by atomic mass is 79.9. The van der Waals surface area contributed by atoms with Gasteiger partial charge in [-0.2, -0.15) is 0 Å². The predicted octanol–water partition coefficient (Wildman–Crippen LogP) is 3.90. The Labute approximate surface area is 105 Å². The zero-order valence-electron chi connectivity index (χ0n) is 9.89. The van der Waals surface area contributed by atoms with E-state index in [1.807, 2.05) is 12.1 Å². The van der Waals surface area contributed by atoms with Crippen LogP contribution in [0.15, 0.2) is 22.7 Å². The largest absolute Gasteiger partial charge is 0.330 e. The molecule has 3 heteroatoms. The molecule has 0 saturated carbocycles. The zero-order valence-corrected chi connectivity index (χ0v) is 11.5. The normalized spacial score (nSPS) is 14.8. The van der Waals surface area contributed by atoms with E-state index in [0.717, 1.165) is 22.9 Å². The van der Waals surface area contributed by atoms with E-state index in [9.17, 15) is 4.39 Å². The van der Waals surface area contributed by atoms with Crippen LogP contribution < -0.4 is 5.73 Å². The van der Waals surface area contributed by atoms with Crippen LogP contribution in [0.25, 0.3) is 0 Å². The molecule has 1 nitrogen and oxygen atoms in total. The number of nitrogens with two attached hydrogens (primary N) is 1. The molecule has 0 spiro atoms. The third-order valence-electron chi connectivity index (χ3n) is 2.98. The summed E-state index contributed by atoms with van der Waals surface area (Å²) in [6.07, 6.45) is 2.81. The van der Waals surface area contributed by atoms with E-state index in [1.165, 1.54) is 6.07 Å². The van der Waals surface area contributed by atoms with E-state index in [1.54, 1.807) is 0 Å². The fourth-order valence-electron chi connectivity index (χ4n) is 1.99. The van der Waals surface area contributed by atoms with Crippen molar-refractivity contribution in [2.45, 2.75) is 33.1 Å². The van der Waals surface area contributed by atoms with Crippen LogP contribution in [-0.4, -0.2) is 6.54 Å². The van der Waals surface area contributed by atoms with Gasteiger partial charge in [0, 0.05) is 4.47 Å². The van der Waals surface area contributed by atoms with Gasteiger partial charge in [0.2, 0.25) is 0 Å². The second-order valence-corrected chi connectivity index (χ2v) is 5.59. The maximum Gasteiger partial charge on any atom is 0.127 e. The lowest BCUT2D eigenvalue weighted by Crippen LogP contribution is -2.29. The van der Waals surface area contributed by atoms with Gasteiger partial charge in [-0.1, -0.05) is 42.3 Å². The Hall–Kier alpha value is -0.410. The Balaban J connectivity index is 2.85. The highest BCUT2D eigenvalue weighted by Gasteiger charge is 2.23. The lowest BCUT2D eigenvalue weighted by Gasteiger charge is -2.27. The first kappa shape index (κ1) is 13.7. The summed E-state index contributed by atoms with van der Waals surface area (Å²) >= 11 is 3.26. The summed E-state index contributed by atoms with van der Waals surface area (Å²) in [5, 5.41) is 0. The van der Waals surface area contributed by atoms with Crippen molar-refractivity contribution in [1.82, 2.24) is 0 Å². The standard InChI is InChI=1S/C13H19BrFN/c1-3-6-13(2,9-16)8-10-4-5-11(14)7-12(10)15/h4-5,7H,3,6,8-9,16H2,1-2H3. The van der Waals surface area contributed by atoms with E-state index in [0.29, 0.717) is 13.0 Å². The average molecular weight is 288 g/mol. The first-order valence-electron chi connectivity index (χ1n) is 5.65. The van der Waals surface area contributed by atoms with Crippen molar-refractivity contribution in [2.24, 2.45) is 11.1 Å². The molecule has 0 aliphatic rings. The summed E-state index contributed by atoms with van der Waals surface area (Å²) in [7, 11) is 0. The fraction of sp³-hybridized carbons (Fsp3) is 0.538. The minimum absolute atomic E-state index is 0.00339. The minimum Gasteiger partial charge on any atom is -0.330 e. The Morgan fingerprint density at radius 3 is 2.62 bits per heavy atom. The molecule has 1 rings (SSSR count). The highest BCUT2D eigenvalue weighted by molar-refractivity contribution is 9.10. The third kappa shape index (κ3) is 3.56. The molecule has 0 aromatic heterocycles. The van der Waals surface area contributed by atoms with E-state index in [2.05, 4.69) is 29.8 Å². The van der Waals surface area contributed by atoms with Gasteiger partial charge < -0.3 is 5.73 Å². The van der Waals surface area contributed by atoms with E-state index in [-0.39, 0.29) is 11.2 Å². The molecule has 0 heterocycles. The number of benzene rings is 1. The molecule has 0 amide bonds. The van der Waals surface area contributed by atoms with Crippen molar-refractivity contribution in [3.63, 3.8) is 0 Å². The van der Waals surface area contributed by atoms with Gasteiger partial charge in [-0.25, -0.2) is 4.39 Å². The molecule has 1 aromatic carbocycles. The predicted molar refractivity (Wildman–Crippen MR) is 69.9 cm³/mol. The molecular formula is C13H19BrFN. The van der Waals surface area contributed by atoms with Crippen LogP contribution >= 0.6 is 15.9 Å². The zero-order chi connectivity index (χ0) is 12.2. The number of hydrogen-bond acceptors (Lipinski definition) is 1. The first-order chi connectivity index (χ1) is 7.50. The number of hydrogen-bond donors (Lipinski definition) is 1. The summed E-state index contributed by atoms with van der Waals surface area (Å²) in [4.78, 5) is 0. The summed E-state index contributed by atoms with van der Waals surface area (Å²) in [6.45, 7) is 4.85. The van der Waals surface area contributed by atoms with Gasteiger partial charge in [-0.15, -0.1) is 0 Å². The SMILES string of the molecule is CCCC(C)(CN)Cc1ccc(Br)cc1F. The van der Waals surface area contributed by atoms with Crippen LogP contribution in [0.5, 0.6) is 0 Å². The maximum absolute atomic E-state index is 13.7. The van der Waals surface area contributed by atoms with E-state index >= 15 is 0 Å². The van der Waals surface area contributed by atoms with Gasteiger partial charge in [-0.05, 0) is 42.5 Å². The van der Waals surface area contributed by atoms with Gasteiger partial charge in [0.1, 0.15) is 5.82 Å². The number of rotatable bonds is 5. The van der Waals surface area contributed by atoms with Crippen LogP contribution in [0.4, 0.5) is 4.39 Å². The molecule has 0 aliphatic carbocycles. The quantitative estimate of drug-likeness (QED) is 0.873. The molecule has 16 heavy (non-hydrogen) atoms. The molecule has 90 valence electrons. The van der Waals surface area contributed by atoms with Crippen LogP contribution in [0.1, 0.15) is 32.3 Å². The first-order valence-corrected chi connectivity index (χ1v) is 6.44. The van der Waals surface area contributed by atoms with Crippen LogP contribution in [0, 0.1) is 11.2 Å². The van der Waals surface area contributed by atoms with Gasteiger partial charge in [0.25, 0.3) is 0 Å². The van der Waals surface area contributed by atoms with Gasteiger partial charge in [0.05, 0.1) is 0 Å². The van der Waals surface area contributed by atoms with E-state index < -0.39 is 0 Å². The van der Waals surface area contributed by atoms with Crippen molar-refractivity contribution < 1.29 is 4.39 Å². The molecule has 0 aliphatic heterocycles. The average Bonchev–Trinajstić information content (AvgIpc) is 2.23. The maximum atomic E-state index is 13.7. The van der Waals surface area contributed by atoms with Gasteiger partial charge >= 0.3 is 0 Å². The van der Waals surface area contributed by atoms with Gasteiger partial charge in [-0.3, -0.25) is 0 Å². The Morgan fingerprint density at radius 2 is 2.12 bits per heavy atom. The topological polar surface area (TPSA) is 26.0 Å². The molecule has 0 bridgehead atoms. The van der Waals surface area contributed by atoms with Crippen molar-refractivity contribution in [2.75, 3.05) is 6.54 Å². The Morgan fingerprint density at radius 1 is 1.44 bits per heavy atom. The second-order valence-electron chi connectivity index (χ2n) is 4.68. The molecule has 1 aromatic rings.